The summed E-state index contributed by atoms with van der Waals surface area (Å²) in [5.74, 6) is -1.27. The average Bonchev–Trinajstić information content (AvgIpc) is 2.18. The van der Waals surface area contributed by atoms with Gasteiger partial charge < -0.3 is 15.6 Å². The number of carboxylic acids is 1. The van der Waals surface area contributed by atoms with Gasteiger partial charge in [-0.25, -0.2) is 0 Å². The third-order valence-electron chi connectivity index (χ3n) is 3.30. The van der Waals surface area contributed by atoms with Crippen molar-refractivity contribution in [2.24, 2.45) is 17.6 Å². The van der Waals surface area contributed by atoms with Crippen LogP contribution in [0.2, 0.25) is 0 Å². The van der Waals surface area contributed by atoms with Crippen LogP contribution in [0.1, 0.15) is 32.1 Å². The molecule has 1 aliphatic carbocycles. The van der Waals surface area contributed by atoms with Gasteiger partial charge in [0.25, 0.3) is 10.1 Å². The summed E-state index contributed by atoms with van der Waals surface area (Å²) in [6.07, 6.45) is 3.25. The topological polar surface area (TPSA) is 121 Å². The van der Waals surface area contributed by atoms with Gasteiger partial charge in [0, 0.05) is 6.04 Å². The van der Waals surface area contributed by atoms with Crippen molar-refractivity contribution in [2.45, 2.75) is 38.1 Å². The molecule has 0 amide bonds. The normalized spacial score (nSPS) is 26.1. The second kappa shape index (κ2) is 7.81. The summed E-state index contributed by atoms with van der Waals surface area (Å²) in [5.41, 5.74) is 5.39. The van der Waals surface area contributed by atoms with Gasteiger partial charge >= 0.3 is 29.6 Å². The fourth-order valence-corrected chi connectivity index (χ4v) is 3.32. The zero-order chi connectivity index (χ0) is 13.1. The van der Waals surface area contributed by atoms with Crippen LogP contribution in [0.25, 0.3) is 0 Å². The molecule has 100 valence electrons. The number of carbonyl (C=O) groups excluding carboxylic acids is 1. The summed E-state index contributed by atoms with van der Waals surface area (Å²) >= 11 is 0. The molecule has 0 aromatic heterocycles. The van der Waals surface area contributed by atoms with E-state index in [0.717, 1.165) is 12.8 Å². The van der Waals surface area contributed by atoms with Crippen LogP contribution < -0.4 is 40.4 Å². The van der Waals surface area contributed by atoms with Gasteiger partial charge in [0.2, 0.25) is 0 Å². The molecular formula is C10H18NNaO5S. The molecule has 1 atom stereocenters. The fraction of sp³-hybridized carbons (Fsp3) is 0.900. The van der Waals surface area contributed by atoms with Crippen LogP contribution in [0.3, 0.4) is 0 Å². The van der Waals surface area contributed by atoms with E-state index in [1.54, 1.807) is 0 Å². The van der Waals surface area contributed by atoms with E-state index in [1.165, 1.54) is 0 Å². The minimum Gasteiger partial charge on any atom is -0.548 e. The minimum atomic E-state index is -3.91. The molecule has 1 aliphatic rings. The summed E-state index contributed by atoms with van der Waals surface area (Å²) in [6, 6.07) is -0.946. The number of aliphatic carboxylic acids is 1. The minimum absolute atomic E-state index is 0. The van der Waals surface area contributed by atoms with Crippen molar-refractivity contribution in [1.82, 2.24) is 0 Å². The van der Waals surface area contributed by atoms with E-state index in [-0.39, 0.29) is 47.1 Å². The van der Waals surface area contributed by atoms with E-state index < -0.39 is 22.1 Å². The molecule has 6 nitrogen and oxygen atoms in total. The molecule has 18 heavy (non-hydrogen) atoms. The Hall–Kier alpha value is 0.340. The molecular weight excluding hydrogens is 269 g/mol. The van der Waals surface area contributed by atoms with E-state index >= 15 is 0 Å². The third kappa shape index (κ3) is 7.06. The molecule has 0 heterocycles. The first kappa shape index (κ1) is 18.3. The molecule has 0 aromatic rings. The van der Waals surface area contributed by atoms with Gasteiger partial charge in [-0.15, -0.1) is 0 Å². The molecule has 0 aromatic carbocycles. The first-order chi connectivity index (χ1) is 7.78. The Bertz CT molecular complexity index is 364. The second-order valence-electron chi connectivity index (χ2n) is 4.80. The van der Waals surface area contributed by atoms with Crippen LogP contribution in [0.4, 0.5) is 0 Å². The quantitative estimate of drug-likeness (QED) is 0.394. The Kier molecular flexibility index (Phi) is 7.96. The Morgan fingerprint density at radius 3 is 2.11 bits per heavy atom. The molecule has 1 saturated carbocycles. The fourth-order valence-electron chi connectivity index (χ4n) is 2.39. The molecule has 0 unspecified atom stereocenters. The van der Waals surface area contributed by atoms with Gasteiger partial charge in [-0.1, -0.05) is 12.8 Å². The Balaban J connectivity index is 0.00000289. The number of rotatable bonds is 5. The number of carboxylic acid groups (broad SMARTS) is 1. The maximum absolute atomic E-state index is 10.7. The first-order valence-corrected chi connectivity index (χ1v) is 7.30. The smallest absolute Gasteiger partial charge is 0.548 e. The number of nitrogens with two attached hydrogens (primary N) is 1. The van der Waals surface area contributed by atoms with Crippen LogP contribution >= 0.6 is 0 Å². The van der Waals surface area contributed by atoms with E-state index in [2.05, 4.69) is 0 Å². The van der Waals surface area contributed by atoms with Gasteiger partial charge in [0.15, 0.2) is 0 Å². The van der Waals surface area contributed by atoms with Crippen molar-refractivity contribution in [2.75, 3.05) is 5.75 Å². The van der Waals surface area contributed by atoms with Crippen LogP contribution in [-0.4, -0.2) is 30.7 Å². The Labute approximate surface area is 129 Å². The van der Waals surface area contributed by atoms with Crippen molar-refractivity contribution < 1.29 is 52.4 Å². The maximum Gasteiger partial charge on any atom is 1.00 e. The number of hydrogen-bond acceptors (Lipinski definition) is 5. The van der Waals surface area contributed by atoms with Gasteiger partial charge in [-0.05, 0) is 31.1 Å². The summed E-state index contributed by atoms with van der Waals surface area (Å²) in [7, 11) is -3.91. The van der Waals surface area contributed by atoms with E-state index in [1.807, 2.05) is 0 Å². The van der Waals surface area contributed by atoms with Crippen molar-refractivity contribution in [3.05, 3.63) is 0 Å². The molecule has 0 aliphatic heterocycles. The SMILES string of the molecule is N[C@@H](CC1CCC(CS(=O)(=O)O)CC1)C(=O)[O-].[Na+]. The van der Waals surface area contributed by atoms with E-state index in [4.69, 9.17) is 10.3 Å². The van der Waals surface area contributed by atoms with Crippen LogP contribution in [-0.2, 0) is 14.9 Å². The Morgan fingerprint density at radius 1 is 1.28 bits per heavy atom. The van der Waals surface area contributed by atoms with Crippen molar-refractivity contribution in [3.8, 4) is 0 Å². The summed E-state index contributed by atoms with van der Waals surface area (Å²) in [5, 5.41) is 10.5. The first-order valence-electron chi connectivity index (χ1n) is 5.69. The predicted octanol–water partition coefficient (Wildman–Crippen LogP) is -3.85. The molecule has 0 saturated heterocycles. The second-order valence-corrected chi connectivity index (χ2v) is 6.29. The number of hydrogen-bond donors (Lipinski definition) is 2. The van der Waals surface area contributed by atoms with Gasteiger partial charge in [0.1, 0.15) is 0 Å². The molecule has 1 fully saturated rings. The maximum atomic E-state index is 10.7. The Morgan fingerprint density at radius 2 is 1.72 bits per heavy atom. The van der Waals surface area contributed by atoms with Gasteiger partial charge in [-0.3, -0.25) is 4.55 Å². The van der Waals surface area contributed by atoms with Crippen molar-refractivity contribution in [3.63, 3.8) is 0 Å². The third-order valence-corrected chi connectivity index (χ3v) is 4.20. The monoisotopic (exact) mass is 287 g/mol. The zero-order valence-corrected chi connectivity index (χ0v) is 13.4. The van der Waals surface area contributed by atoms with E-state index in [9.17, 15) is 18.3 Å². The summed E-state index contributed by atoms with van der Waals surface area (Å²) in [4.78, 5) is 10.5. The molecule has 3 N–H and O–H groups in total. The summed E-state index contributed by atoms with van der Waals surface area (Å²) < 4.78 is 30.1. The summed E-state index contributed by atoms with van der Waals surface area (Å²) in [6.45, 7) is 0. The molecule has 0 spiro atoms. The molecule has 8 heteroatoms. The van der Waals surface area contributed by atoms with E-state index in [0.29, 0.717) is 19.3 Å². The van der Waals surface area contributed by atoms with Crippen LogP contribution in [0.15, 0.2) is 0 Å². The number of carbonyl (C=O) groups is 1. The van der Waals surface area contributed by atoms with Crippen LogP contribution in [0.5, 0.6) is 0 Å². The standard InChI is InChI=1S/C10H19NO5S.Na/c11-9(10(12)13)5-7-1-3-8(4-2-7)6-17(14,15)16;/h7-9H,1-6,11H2,(H,12,13)(H,14,15,16);/q;+1/p-1/t7?,8?,9-;/m0./s1. The molecule has 0 radical (unpaired) electrons. The zero-order valence-electron chi connectivity index (χ0n) is 10.5. The van der Waals surface area contributed by atoms with Crippen molar-refractivity contribution >= 4 is 16.1 Å². The molecule has 0 bridgehead atoms. The van der Waals surface area contributed by atoms with Gasteiger partial charge in [0.05, 0.1) is 11.7 Å². The molecule has 1 rings (SSSR count). The van der Waals surface area contributed by atoms with Crippen LogP contribution in [0, 0.1) is 11.8 Å². The van der Waals surface area contributed by atoms with Crippen molar-refractivity contribution in [1.29, 1.82) is 0 Å². The average molecular weight is 287 g/mol. The predicted molar refractivity (Wildman–Crippen MR) is 59.5 cm³/mol. The van der Waals surface area contributed by atoms with Gasteiger partial charge in [-0.2, -0.15) is 8.42 Å². The largest absolute Gasteiger partial charge is 1.00 e.